The number of nitrogens with zero attached hydrogens (tertiary/aromatic N) is 2. The lowest BCUT2D eigenvalue weighted by atomic mass is 10.2. The number of aromatic nitrogens is 2. The minimum absolute atomic E-state index is 0.0442. The van der Waals surface area contributed by atoms with E-state index < -0.39 is 18.0 Å². The van der Waals surface area contributed by atoms with Gasteiger partial charge in [0.15, 0.2) is 6.10 Å². The van der Waals surface area contributed by atoms with Gasteiger partial charge in [-0.05, 0) is 43.7 Å². The molecule has 134 valence electrons. The number of rotatable bonds is 6. The van der Waals surface area contributed by atoms with Gasteiger partial charge in [0.05, 0.1) is 6.54 Å². The smallest absolute Gasteiger partial charge is 0.375 e. The van der Waals surface area contributed by atoms with E-state index in [1.807, 2.05) is 25.1 Å². The minimum Gasteiger partial charge on any atom is -0.452 e. The van der Waals surface area contributed by atoms with Crippen molar-refractivity contribution in [3.8, 4) is 0 Å². The molecule has 26 heavy (non-hydrogen) atoms. The third kappa shape index (κ3) is 4.18. The first-order valence-electron chi connectivity index (χ1n) is 8.16. The molecule has 7 heteroatoms. The Kier molecular flexibility index (Phi) is 5.17. The maximum atomic E-state index is 12.2. The quantitative estimate of drug-likeness (QED) is 0.689. The van der Waals surface area contributed by atoms with Crippen molar-refractivity contribution < 1.29 is 18.7 Å². The second-order valence-electron chi connectivity index (χ2n) is 5.82. The molecule has 7 nitrogen and oxygen atoms in total. The van der Waals surface area contributed by atoms with E-state index in [4.69, 9.17) is 9.15 Å². The van der Waals surface area contributed by atoms with Gasteiger partial charge in [0.1, 0.15) is 5.76 Å². The first kappa shape index (κ1) is 17.5. The standard InChI is InChI=1S/C19H19N3O4/c1-13-6-3-4-7-16(13)21-18(23)14(2)25-19(24)17-9-8-15(26-17)12-22-11-5-10-20-22/h3-11,14H,12H2,1-2H3,(H,21,23). The Morgan fingerprint density at radius 3 is 2.77 bits per heavy atom. The zero-order valence-corrected chi connectivity index (χ0v) is 14.5. The van der Waals surface area contributed by atoms with Crippen molar-refractivity contribution in [1.82, 2.24) is 9.78 Å². The summed E-state index contributed by atoms with van der Waals surface area (Å²) in [6, 6.07) is 12.4. The number of aryl methyl sites for hydroxylation is 1. The van der Waals surface area contributed by atoms with Crippen molar-refractivity contribution in [2.45, 2.75) is 26.5 Å². The Morgan fingerprint density at radius 1 is 1.23 bits per heavy atom. The summed E-state index contributed by atoms with van der Waals surface area (Å²) in [6.45, 7) is 3.80. The predicted octanol–water partition coefficient (Wildman–Crippen LogP) is 3.02. The first-order chi connectivity index (χ1) is 12.5. The third-order valence-corrected chi connectivity index (χ3v) is 3.80. The second-order valence-corrected chi connectivity index (χ2v) is 5.82. The Labute approximate surface area is 150 Å². The highest BCUT2D eigenvalue weighted by atomic mass is 16.6. The van der Waals surface area contributed by atoms with Gasteiger partial charge < -0.3 is 14.5 Å². The monoisotopic (exact) mass is 353 g/mol. The van der Waals surface area contributed by atoms with Crippen molar-refractivity contribution in [2.24, 2.45) is 0 Å². The topological polar surface area (TPSA) is 86.4 Å². The van der Waals surface area contributed by atoms with Crippen molar-refractivity contribution in [3.63, 3.8) is 0 Å². The van der Waals surface area contributed by atoms with Gasteiger partial charge in [-0.15, -0.1) is 0 Å². The average molecular weight is 353 g/mol. The van der Waals surface area contributed by atoms with E-state index in [0.29, 0.717) is 18.0 Å². The molecule has 3 rings (SSSR count). The number of hydrogen-bond acceptors (Lipinski definition) is 5. The molecule has 0 bridgehead atoms. The van der Waals surface area contributed by atoms with E-state index in [0.717, 1.165) is 5.56 Å². The number of nitrogens with one attached hydrogen (secondary N) is 1. The molecule has 3 aromatic rings. The molecule has 2 heterocycles. The number of para-hydroxylation sites is 1. The molecule has 0 saturated heterocycles. The summed E-state index contributed by atoms with van der Waals surface area (Å²) in [6.07, 6.45) is 2.49. The van der Waals surface area contributed by atoms with Crippen LogP contribution in [0.4, 0.5) is 5.69 Å². The molecule has 0 aliphatic carbocycles. The Morgan fingerprint density at radius 2 is 2.04 bits per heavy atom. The highest BCUT2D eigenvalue weighted by molar-refractivity contribution is 5.97. The van der Waals surface area contributed by atoms with E-state index in [9.17, 15) is 9.59 Å². The van der Waals surface area contributed by atoms with Crippen LogP contribution in [0, 0.1) is 6.92 Å². The van der Waals surface area contributed by atoms with Crippen LogP contribution in [-0.2, 0) is 16.1 Å². The largest absolute Gasteiger partial charge is 0.452 e. The molecular weight excluding hydrogens is 334 g/mol. The lowest BCUT2D eigenvalue weighted by molar-refractivity contribution is -0.123. The van der Waals surface area contributed by atoms with Crippen LogP contribution < -0.4 is 5.32 Å². The number of anilines is 1. The third-order valence-electron chi connectivity index (χ3n) is 3.80. The SMILES string of the molecule is Cc1ccccc1NC(=O)C(C)OC(=O)c1ccc(Cn2cccn2)o1. The van der Waals surface area contributed by atoms with Gasteiger partial charge in [-0.25, -0.2) is 4.79 Å². The summed E-state index contributed by atoms with van der Waals surface area (Å²) in [4.78, 5) is 24.4. The molecule has 0 aliphatic rings. The fourth-order valence-corrected chi connectivity index (χ4v) is 2.35. The van der Waals surface area contributed by atoms with E-state index in [1.165, 1.54) is 13.0 Å². The van der Waals surface area contributed by atoms with Crippen LogP contribution in [0.3, 0.4) is 0 Å². The van der Waals surface area contributed by atoms with Gasteiger partial charge in [-0.1, -0.05) is 18.2 Å². The van der Waals surface area contributed by atoms with Crippen LogP contribution in [0.25, 0.3) is 0 Å². The lowest BCUT2D eigenvalue weighted by Crippen LogP contribution is -2.30. The zero-order chi connectivity index (χ0) is 18.5. The number of amides is 1. The maximum absolute atomic E-state index is 12.2. The number of carbonyl (C=O) groups excluding carboxylic acids is 2. The second kappa shape index (κ2) is 7.69. The molecule has 1 amide bonds. The Hall–Kier alpha value is -3.35. The molecule has 1 N–H and O–H groups in total. The van der Waals surface area contributed by atoms with Crippen molar-refractivity contribution >= 4 is 17.6 Å². The van der Waals surface area contributed by atoms with Crippen LogP contribution in [0.15, 0.2) is 59.3 Å². The van der Waals surface area contributed by atoms with Gasteiger partial charge in [-0.3, -0.25) is 9.48 Å². The molecule has 0 spiro atoms. The van der Waals surface area contributed by atoms with Gasteiger partial charge in [0.2, 0.25) is 5.76 Å². The minimum atomic E-state index is -0.957. The molecule has 0 saturated carbocycles. The number of esters is 1. The average Bonchev–Trinajstić information content (AvgIpc) is 3.29. The van der Waals surface area contributed by atoms with Crippen LogP contribution >= 0.6 is 0 Å². The Balaban J connectivity index is 1.58. The highest BCUT2D eigenvalue weighted by Crippen LogP contribution is 2.15. The number of benzene rings is 1. The summed E-state index contributed by atoms with van der Waals surface area (Å²) in [5.41, 5.74) is 1.61. The predicted molar refractivity (Wildman–Crippen MR) is 94.7 cm³/mol. The normalized spacial score (nSPS) is 11.8. The van der Waals surface area contributed by atoms with E-state index in [-0.39, 0.29) is 5.76 Å². The fraction of sp³-hybridized carbons (Fsp3) is 0.211. The van der Waals surface area contributed by atoms with Crippen molar-refractivity contribution in [3.05, 3.63) is 71.9 Å². The lowest BCUT2D eigenvalue weighted by Gasteiger charge is -2.14. The number of hydrogen-bond donors (Lipinski definition) is 1. The molecule has 0 fully saturated rings. The summed E-state index contributed by atoms with van der Waals surface area (Å²) < 4.78 is 12.3. The maximum Gasteiger partial charge on any atom is 0.375 e. The van der Waals surface area contributed by atoms with Crippen molar-refractivity contribution in [1.29, 1.82) is 0 Å². The molecular formula is C19H19N3O4. The highest BCUT2D eigenvalue weighted by Gasteiger charge is 2.21. The number of carbonyl (C=O) groups is 2. The Bertz CT molecular complexity index is 899. The molecule has 1 atom stereocenters. The van der Waals surface area contributed by atoms with E-state index >= 15 is 0 Å². The van der Waals surface area contributed by atoms with E-state index in [1.54, 1.807) is 35.3 Å². The van der Waals surface area contributed by atoms with Crippen LogP contribution in [0.2, 0.25) is 0 Å². The van der Waals surface area contributed by atoms with Crippen LogP contribution in [0.5, 0.6) is 0 Å². The van der Waals surface area contributed by atoms with E-state index in [2.05, 4.69) is 10.4 Å². The number of furan rings is 1. The van der Waals surface area contributed by atoms with Gasteiger partial charge in [0, 0.05) is 18.1 Å². The van der Waals surface area contributed by atoms with Crippen LogP contribution in [-0.4, -0.2) is 27.8 Å². The van der Waals surface area contributed by atoms with Gasteiger partial charge in [-0.2, -0.15) is 5.10 Å². The molecule has 0 radical (unpaired) electrons. The van der Waals surface area contributed by atoms with Gasteiger partial charge >= 0.3 is 5.97 Å². The fourth-order valence-electron chi connectivity index (χ4n) is 2.35. The summed E-state index contributed by atoms with van der Waals surface area (Å²) >= 11 is 0. The molecule has 2 aromatic heterocycles. The molecule has 1 unspecified atom stereocenters. The molecule has 1 aromatic carbocycles. The number of ether oxygens (including phenoxy) is 1. The van der Waals surface area contributed by atoms with Crippen LogP contribution in [0.1, 0.15) is 28.8 Å². The first-order valence-corrected chi connectivity index (χ1v) is 8.16. The summed E-state index contributed by atoms with van der Waals surface area (Å²) in [5.74, 6) is -0.486. The summed E-state index contributed by atoms with van der Waals surface area (Å²) in [7, 11) is 0. The molecule has 0 aliphatic heterocycles. The zero-order valence-electron chi connectivity index (χ0n) is 14.5. The van der Waals surface area contributed by atoms with Gasteiger partial charge in [0.25, 0.3) is 5.91 Å². The van der Waals surface area contributed by atoms with Crippen molar-refractivity contribution in [2.75, 3.05) is 5.32 Å². The summed E-state index contributed by atoms with van der Waals surface area (Å²) in [5, 5.41) is 6.82.